The maximum absolute atomic E-state index is 13.4. The Balaban J connectivity index is 2.36. The third-order valence-corrected chi connectivity index (χ3v) is 3.61. The highest BCUT2D eigenvalue weighted by Gasteiger charge is 2.10. The van der Waals surface area contributed by atoms with E-state index in [1.54, 1.807) is 18.2 Å². The molecular formula is C13H10FIN2O2. The number of anilines is 3. The first-order chi connectivity index (χ1) is 8.99. The van der Waals surface area contributed by atoms with Crippen LogP contribution in [0.2, 0.25) is 0 Å². The summed E-state index contributed by atoms with van der Waals surface area (Å²) in [4.78, 5) is 11.0. The van der Waals surface area contributed by atoms with E-state index in [2.05, 4.69) is 5.32 Å². The molecule has 2 aromatic rings. The summed E-state index contributed by atoms with van der Waals surface area (Å²) in [6.07, 6.45) is 0. The number of hydrogen-bond donors (Lipinski definition) is 3. The van der Waals surface area contributed by atoms with E-state index < -0.39 is 5.97 Å². The van der Waals surface area contributed by atoms with Gasteiger partial charge in [-0.1, -0.05) is 6.07 Å². The number of carboxylic acids is 1. The molecule has 0 saturated carbocycles. The van der Waals surface area contributed by atoms with Crippen molar-refractivity contribution in [3.05, 3.63) is 51.3 Å². The minimum atomic E-state index is -1.10. The molecule has 0 unspecified atom stereocenters. The Morgan fingerprint density at radius 3 is 2.74 bits per heavy atom. The molecular weight excluding hydrogens is 362 g/mol. The molecule has 0 aliphatic rings. The van der Waals surface area contributed by atoms with E-state index >= 15 is 0 Å². The van der Waals surface area contributed by atoms with Gasteiger partial charge in [0.2, 0.25) is 0 Å². The van der Waals surface area contributed by atoms with Crippen molar-refractivity contribution in [2.45, 2.75) is 0 Å². The number of halogens is 2. The molecule has 98 valence electrons. The Morgan fingerprint density at radius 2 is 2.05 bits per heavy atom. The maximum atomic E-state index is 13.4. The quantitative estimate of drug-likeness (QED) is 0.570. The molecule has 0 heterocycles. The van der Waals surface area contributed by atoms with Crippen molar-refractivity contribution in [1.82, 2.24) is 0 Å². The minimum absolute atomic E-state index is 0.0106. The van der Waals surface area contributed by atoms with Crippen LogP contribution < -0.4 is 11.1 Å². The minimum Gasteiger partial charge on any atom is -0.478 e. The van der Waals surface area contributed by atoms with Gasteiger partial charge in [0.15, 0.2) is 0 Å². The largest absolute Gasteiger partial charge is 0.478 e. The molecule has 19 heavy (non-hydrogen) atoms. The van der Waals surface area contributed by atoms with Crippen LogP contribution in [0.15, 0.2) is 36.4 Å². The zero-order valence-electron chi connectivity index (χ0n) is 9.65. The van der Waals surface area contributed by atoms with E-state index in [-0.39, 0.29) is 17.1 Å². The van der Waals surface area contributed by atoms with Crippen molar-refractivity contribution in [2.24, 2.45) is 0 Å². The summed E-state index contributed by atoms with van der Waals surface area (Å²) in [6, 6.07) is 9.20. The topological polar surface area (TPSA) is 75.3 Å². The number of hydrogen-bond acceptors (Lipinski definition) is 3. The van der Waals surface area contributed by atoms with Gasteiger partial charge in [-0.2, -0.15) is 0 Å². The Morgan fingerprint density at radius 1 is 1.32 bits per heavy atom. The number of carboxylic acid groups (broad SMARTS) is 1. The molecule has 0 radical (unpaired) electrons. The number of nitrogens with two attached hydrogens (primary N) is 1. The second-order valence-corrected chi connectivity index (χ2v) is 4.91. The van der Waals surface area contributed by atoms with E-state index in [9.17, 15) is 9.18 Å². The molecule has 6 heteroatoms. The van der Waals surface area contributed by atoms with Gasteiger partial charge in [-0.25, -0.2) is 9.18 Å². The second kappa shape index (κ2) is 5.43. The Hall–Kier alpha value is -1.83. The molecule has 2 rings (SSSR count). The van der Waals surface area contributed by atoms with E-state index in [0.29, 0.717) is 14.9 Å². The number of nitrogens with one attached hydrogen (secondary N) is 1. The van der Waals surface area contributed by atoms with Crippen LogP contribution in [0, 0.1) is 9.39 Å². The summed E-state index contributed by atoms with van der Waals surface area (Å²) in [5.74, 6) is -1.44. The highest BCUT2D eigenvalue weighted by atomic mass is 127. The Kier molecular flexibility index (Phi) is 3.89. The summed E-state index contributed by atoms with van der Waals surface area (Å²) in [6.45, 7) is 0. The third kappa shape index (κ3) is 2.95. The van der Waals surface area contributed by atoms with Gasteiger partial charge in [0.05, 0.1) is 14.8 Å². The maximum Gasteiger partial charge on any atom is 0.337 e. The first-order valence-electron chi connectivity index (χ1n) is 5.33. The average molecular weight is 372 g/mol. The van der Waals surface area contributed by atoms with E-state index in [1.165, 1.54) is 18.2 Å². The summed E-state index contributed by atoms with van der Waals surface area (Å²) in [7, 11) is 0. The van der Waals surface area contributed by atoms with Gasteiger partial charge in [0.1, 0.15) is 5.82 Å². The van der Waals surface area contributed by atoms with Gasteiger partial charge in [-0.15, -0.1) is 0 Å². The standard InChI is InChI=1S/C13H10FIN2O2/c14-9-2-1-3-11(12(9)15)17-7-4-5-10(16)8(6-7)13(18)19/h1-6,17H,16H2,(H,18,19). The van der Waals surface area contributed by atoms with Gasteiger partial charge in [-0.3, -0.25) is 0 Å². The van der Waals surface area contributed by atoms with Crippen molar-refractivity contribution in [2.75, 3.05) is 11.1 Å². The van der Waals surface area contributed by atoms with Crippen LogP contribution in [0.1, 0.15) is 10.4 Å². The average Bonchev–Trinajstić information content (AvgIpc) is 2.37. The van der Waals surface area contributed by atoms with Crippen LogP contribution in [-0.2, 0) is 0 Å². The zero-order chi connectivity index (χ0) is 14.0. The second-order valence-electron chi connectivity index (χ2n) is 3.83. The first kappa shape index (κ1) is 13.6. The molecule has 0 aromatic heterocycles. The number of benzene rings is 2. The molecule has 0 fully saturated rings. The van der Waals surface area contributed by atoms with Crippen molar-refractivity contribution < 1.29 is 14.3 Å². The molecule has 4 nitrogen and oxygen atoms in total. The molecule has 0 spiro atoms. The van der Waals surface area contributed by atoms with Crippen LogP contribution in [0.3, 0.4) is 0 Å². The third-order valence-electron chi connectivity index (χ3n) is 2.51. The molecule has 2 aromatic carbocycles. The molecule has 0 saturated heterocycles. The Labute approximate surface area is 122 Å². The van der Waals surface area contributed by atoms with E-state index in [4.69, 9.17) is 10.8 Å². The van der Waals surface area contributed by atoms with Crippen molar-refractivity contribution in [3.8, 4) is 0 Å². The lowest BCUT2D eigenvalue weighted by atomic mass is 10.1. The van der Waals surface area contributed by atoms with Crippen LogP contribution >= 0.6 is 22.6 Å². The summed E-state index contributed by atoms with van der Waals surface area (Å²) < 4.78 is 13.8. The van der Waals surface area contributed by atoms with Gasteiger partial charge in [-0.05, 0) is 52.9 Å². The number of rotatable bonds is 3. The molecule has 0 bridgehead atoms. The molecule has 4 N–H and O–H groups in total. The van der Waals surface area contributed by atoms with Gasteiger partial charge in [0.25, 0.3) is 0 Å². The van der Waals surface area contributed by atoms with Gasteiger partial charge in [0, 0.05) is 11.4 Å². The van der Waals surface area contributed by atoms with Crippen LogP contribution in [0.4, 0.5) is 21.5 Å². The van der Waals surface area contributed by atoms with Crippen LogP contribution in [-0.4, -0.2) is 11.1 Å². The molecule has 0 aliphatic heterocycles. The van der Waals surface area contributed by atoms with Crippen molar-refractivity contribution in [3.63, 3.8) is 0 Å². The summed E-state index contributed by atoms with van der Waals surface area (Å²) in [5, 5.41) is 12.0. The number of aromatic carboxylic acids is 1. The SMILES string of the molecule is Nc1ccc(Nc2cccc(F)c2I)cc1C(=O)O. The molecule has 0 aliphatic carbocycles. The lowest BCUT2D eigenvalue weighted by Crippen LogP contribution is -2.03. The fourth-order valence-electron chi connectivity index (χ4n) is 1.58. The van der Waals surface area contributed by atoms with Crippen molar-refractivity contribution in [1.29, 1.82) is 0 Å². The lowest BCUT2D eigenvalue weighted by Gasteiger charge is -2.10. The van der Waals surface area contributed by atoms with E-state index in [1.807, 2.05) is 22.6 Å². The summed E-state index contributed by atoms with van der Waals surface area (Å²) >= 11 is 1.88. The summed E-state index contributed by atoms with van der Waals surface area (Å²) in [5.41, 5.74) is 6.87. The fraction of sp³-hybridized carbons (Fsp3) is 0. The smallest absolute Gasteiger partial charge is 0.337 e. The predicted octanol–water partition coefficient (Wildman–Crippen LogP) is 3.45. The van der Waals surface area contributed by atoms with Gasteiger partial charge < -0.3 is 16.2 Å². The van der Waals surface area contributed by atoms with Gasteiger partial charge >= 0.3 is 5.97 Å². The normalized spacial score (nSPS) is 10.2. The van der Waals surface area contributed by atoms with E-state index in [0.717, 1.165) is 0 Å². The molecule has 0 amide bonds. The van der Waals surface area contributed by atoms with Crippen LogP contribution in [0.5, 0.6) is 0 Å². The highest BCUT2D eigenvalue weighted by molar-refractivity contribution is 14.1. The number of carbonyl (C=O) groups is 1. The monoisotopic (exact) mass is 372 g/mol. The fourth-order valence-corrected chi connectivity index (χ4v) is 2.07. The number of nitrogen functional groups attached to an aromatic ring is 1. The van der Waals surface area contributed by atoms with Crippen molar-refractivity contribution >= 4 is 45.6 Å². The van der Waals surface area contributed by atoms with Crippen LogP contribution in [0.25, 0.3) is 0 Å². The Bertz CT molecular complexity index is 647. The predicted molar refractivity (Wildman–Crippen MR) is 80.2 cm³/mol. The lowest BCUT2D eigenvalue weighted by molar-refractivity contribution is 0.0698. The zero-order valence-corrected chi connectivity index (χ0v) is 11.8. The highest BCUT2D eigenvalue weighted by Crippen LogP contribution is 2.26. The molecule has 0 atom stereocenters. The first-order valence-corrected chi connectivity index (χ1v) is 6.41.